The van der Waals surface area contributed by atoms with E-state index >= 15 is 0 Å². The molecule has 0 radical (unpaired) electrons. The standard InChI is InChI=1S/C14H17Cl2N/c15-14(16,12-7-3-1-4-8-12)11-17-13-9-5-2-6-10-13/h1,3-4,7-8,11,13H,2,5-6,9-10H2. The Morgan fingerprint density at radius 1 is 1.06 bits per heavy atom. The van der Waals surface area contributed by atoms with Crippen LogP contribution in [-0.2, 0) is 4.33 Å². The van der Waals surface area contributed by atoms with Crippen molar-refractivity contribution in [2.45, 2.75) is 42.5 Å². The molecule has 2 rings (SSSR count). The monoisotopic (exact) mass is 269 g/mol. The van der Waals surface area contributed by atoms with Crippen LogP contribution in [-0.4, -0.2) is 12.3 Å². The highest BCUT2D eigenvalue weighted by atomic mass is 35.5. The molecule has 1 aliphatic rings. The second kappa shape index (κ2) is 5.88. The van der Waals surface area contributed by atoms with E-state index in [1.54, 1.807) is 6.21 Å². The molecule has 0 aliphatic heterocycles. The average molecular weight is 270 g/mol. The van der Waals surface area contributed by atoms with Crippen LogP contribution in [0.3, 0.4) is 0 Å². The average Bonchev–Trinajstić information content (AvgIpc) is 2.39. The van der Waals surface area contributed by atoms with Crippen LogP contribution in [0.1, 0.15) is 37.7 Å². The van der Waals surface area contributed by atoms with E-state index in [-0.39, 0.29) is 0 Å². The lowest BCUT2D eigenvalue weighted by atomic mass is 9.96. The first kappa shape index (κ1) is 12.9. The molecular formula is C14H17Cl2N. The van der Waals surface area contributed by atoms with Gasteiger partial charge >= 0.3 is 0 Å². The van der Waals surface area contributed by atoms with E-state index in [1.807, 2.05) is 30.3 Å². The summed E-state index contributed by atoms with van der Waals surface area (Å²) in [4.78, 5) is 4.54. The van der Waals surface area contributed by atoms with Crippen molar-refractivity contribution >= 4 is 29.4 Å². The van der Waals surface area contributed by atoms with Crippen LogP contribution in [0.25, 0.3) is 0 Å². The van der Waals surface area contributed by atoms with Crippen molar-refractivity contribution in [3.63, 3.8) is 0 Å². The molecule has 1 aromatic rings. The van der Waals surface area contributed by atoms with E-state index in [0.717, 1.165) is 18.4 Å². The Kier molecular flexibility index (Phi) is 4.47. The smallest absolute Gasteiger partial charge is 0.177 e. The summed E-state index contributed by atoms with van der Waals surface area (Å²) in [5.41, 5.74) is 0.878. The molecule has 0 N–H and O–H groups in total. The lowest BCUT2D eigenvalue weighted by molar-refractivity contribution is 0.444. The molecule has 1 fully saturated rings. The third-order valence-corrected chi connectivity index (χ3v) is 3.81. The first-order chi connectivity index (χ1) is 8.18. The van der Waals surface area contributed by atoms with Gasteiger partial charge in [-0.05, 0) is 18.4 Å². The van der Waals surface area contributed by atoms with Gasteiger partial charge in [-0.25, -0.2) is 0 Å². The highest BCUT2D eigenvalue weighted by molar-refractivity contribution is 6.55. The van der Waals surface area contributed by atoms with Gasteiger partial charge in [0.15, 0.2) is 4.33 Å². The number of rotatable bonds is 3. The molecule has 0 amide bonds. The minimum absolute atomic E-state index is 0.407. The van der Waals surface area contributed by atoms with Crippen LogP contribution in [0.4, 0.5) is 0 Å². The Bertz CT molecular complexity index is 367. The van der Waals surface area contributed by atoms with Gasteiger partial charge in [0.25, 0.3) is 0 Å². The number of hydrogen-bond donors (Lipinski definition) is 0. The normalized spacial score (nSPS) is 18.7. The molecular weight excluding hydrogens is 253 g/mol. The summed E-state index contributed by atoms with van der Waals surface area (Å²) < 4.78 is -1.00. The quantitative estimate of drug-likeness (QED) is 0.556. The number of alkyl halides is 2. The third kappa shape index (κ3) is 3.72. The minimum Gasteiger partial charge on any atom is -0.291 e. The molecule has 1 aromatic carbocycles. The molecule has 0 bridgehead atoms. The third-order valence-electron chi connectivity index (χ3n) is 3.18. The molecule has 1 nitrogen and oxygen atoms in total. The van der Waals surface area contributed by atoms with Gasteiger partial charge < -0.3 is 0 Å². The van der Waals surface area contributed by atoms with E-state index < -0.39 is 4.33 Å². The van der Waals surface area contributed by atoms with Crippen LogP contribution in [0.15, 0.2) is 35.3 Å². The van der Waals surface area contributed by atoms with Gasteiger partial charge in [-0.1, -0.05) is 72.8 Å². The number of aliphatic imine (C=N–C) groups is 1. The maximum atomic E-state index is 6.30. The first-order valence-corrected chi connectivity index (χ1v) is 6.92. The van der Waals surface area contributed by atoms with Crippen molar-refractivity contribution in [2.75, 3.05) is 0 Å². The summed E-state index contributed by atoms with van der Waals surface area (Å²) >= 11 is 12.6. The summed E-state index contributed by atoms with van der Waals surface area (Å²) in [5.74, 6) is 0. The molecule has 0 unspecified atom stereocenters. The predicted molar refractivity (Wildman–Crippen MR) is 75.2 cm³/mol. The Labute approximate surface area is 113 Å². The predicted octanol–water partition coefficient (Wildman–Crippen LogP) is 4.72. The van der Waals surface area contributed by atoms with Gasteiger partial charge in [-0.3, -0.25) is 4.99 Å². The fourth-order valence-corrected chi connectivity index (χ4v) is 2.53. The topological polar surface area (TPSA) is 12.4 Å². The molecule has 3 heteroatoms. The highest BCUT2D eigenvalue weighted by Gasteiger charge is 2.24. The van der Waals surface area contributed by atoms with E-state index in [9.17, 15) is 0 Å². The van der Waals surface area contributed by atoms with E-state index in [2.05, 4.69) is 4.99 Å². The molecule has 0 aromatic heterocycles. The van der Waals surface area contributed by atoms with Crippen LogP contribution in [0.2, 0.25) is 0 Å². The van der Waals surface area contributed by atoms with Gasteiger partial charge in [-0.2, -0.15) is 0 Å². The number of halogens is 2. The lowest BCUT2D eigenvalue weighted by Gasteiger charge is -2.20. The first-order valence-electron chi connectivity index (χ1n) is 6.16. The van der Waals surface area contributed by atoms with Crippen molar-refractivity contribution in [1.29, 1.82) is 0 Å². The van der Waals surface area contributed by atoms with Crippen molar-refractivity contribution in [2.24, 2.45) is 4.99 Å². The molecule has 1 aliphatic carbocycles. The second-order valence-electron chi connectivity index (χ2n) is 4.56. The molecule has 0 spiro atoms. The van der Waals surface area contributed by atoms with Gasteiger partial charge in [0.2, 0.25) is 0 Å². The summed E-state index contributed by atoms with van der Waals surface area (Å²) in [7, 11) is 0. The fraction of sp³-hybridized carbons (Fsp3) is 0.500. The fourth-order valence-electron chi connectivity index (χ4n) is 2.16. The van der Waals surface area contributed by atoms with Crippen molar-refractivity contribution < 1.29 is 0 Å². The number of benzene rings is 1. The van der Waals surface area contributed by atoms with Crippen LogP contribution in [0, 0.1) is 0 Å². The minimum atomic E-state index is -1.00. The van der Waals surface area contributed by atoms with Gasteiger partial charge in [0, 0.05) is 12.3 Å². The Hall–Kier alpha value is -0.530. The maximum absolute atomic E-state index is 6.30. The molecule has 17 heavy (non-hydrogen) atoms. The van der Waals surface area contributed by atoms with E-state index in [1.165, 1.54) is 19.3 Å². The largest absolute Gasteiger partial charge is 0.291 e. The Morgan fingerprint density at radius 3 is 2.35 bits per heavy atom. The summed E-state index contributed by atoms with van der Waals surface area (Å²) in [6.45, 7) is 0. The SMILES string of the molecule is ClC(Cl)(C=NC1CCCCC1)c1ccccc1. The molecule has 0 atom stereocenters. The molecule has 1 saturated carbocycles. The summed E-state index contributed by atoms with van der Waals surface area (Å²) in [6.07, 6.45) is 7.89. The zero-order chi connectivity index (χ0) is 12.1. The van der Waals surface area contributed by atoms with Crippen molar-refractivity contribution in [3.05, 3.63) is 35.9 Å². The summed E-state index contributed by atoms with van der Waals surface area (Å²) in [5, 5.41) is 0. The molecule has 0 saturated heterocycles. The molecule has 0 heterocycles. The van der Waals surface area contributed by atoms with Gasteiger partial charge in [-0.15, -0.1) is 0 Å². The van der Waals surface area contributed by atoms with Crippen molar-refractivity contribution in [3.8, 4) is 0 Å². The number of nitrogens with zero attached hydrogens (tertiary/aromatic N) is 1. The van der Waals surface area contributed by atoms with Crippen molar-refractivity contribution in [1.82, 2.24) is 0 Å². The van der Waals surface area contributed by atoms with Crippen LogP contribution in [0.5, 0.6) is 0 Å². The zero-order valence-electron chi connectivity index (χ0n) is 9.78. The highest BCUT2D eigenvalue weighted by Crippen LogP contribution is 2.32. The van der Waals surface area contributed by atoms with Crippen LogP contribution >= 0.6 is 23.2 Å². The molecule has 92 valence electrons. The van der Waals surface area contributed by atoms with E-state index in [4.69, 9.17) is 23.2 Å². The lowest BCUT2D eigenvalue weighted by Crippen LogP contribution is -2.16. The number of hydrogen-bond acceptors (Lipinski definition) is 1. The summed E-state index contributed by atoms with van der Waals surface area (Å²) in [6, 6.07) is 10.1. The van der Waals surface area contributed by atoms with Gasteiger partial charge in [0.1, 0.15) is 0 Å². The maximum Gasteiger partial charge on any atom is 0.177 e. The van der Waals surface area contributed by atoms with Crippen LogP contribution < -0.4 is 0 Å². The van der Waals surface area contributed by atoms with Gasteiger partial charge in [0.05, 0.1) is 0 Å². The second-order valence-corrected chi connectivity index (χ2v) is 5.94. The Morgan fingerprint density at radius 2 is 1.71 bits per heavy atom. The van der Waals surface area contributed by atoms with E-state index in [0.29, 0.717) is 6.04 Å². The zero-order valence-corrected chi connectivity index (χ0v) is 11.3. The Balaban J connectivity index is 2.03.